The summed E-state index contributed by atoms with van der Waals surface area (Å²) in [5, 5.41) is 11.7. The second kappa shape index (κ2) is 7.47. The van der Waals surface area contributed by atoms with Crippen molar-refractivity contribution < 1.29 is 4.74 Å². The maximum atomic E-state index is 8.66. The van der Waals surface area contributed by atoms with E-state index in [9.17, 15) is 0 Å². The molecule has 1 aromatic heterocycles. The van der Waals surface area contributed by atoms with E-state index in [1.807, 2.05) is 19.2 Å². The zero-order valence-corrected chi connectivity index (χ0v) is 10.3. The summed E-state index contributed by atoms with van der Waals surface area (Å²) >= 11 is 0. The molecule has 0 saturated carbocycles. The number of nitriles is 1. The van der Waals surface area contributed by atoms with E-state index >= 15 is 0 Å². The van der Waals surface area contributed by atoms with Gasteiger partial charge in [-0.1, -0.05) is 0 Å². The molecule has 5 heteroatoms. The number of hydrogen-bond donors (Lipinski definition) is 1. The molecule has 1 N–H and O–H groups in total. The van der Waals surface area contributed by atoms with Crippen LogP contribution in [0.1, 0.15) is 6.42 Å². The van der Waals surface area contributed by atoms with Gasteiger partial charge >= 0.3 is 0 Å². The molecule has 5 nitrogen and oxygen atoms in total. The van der Waals surface area contributed by atoms with Gasteiger partial charge in [-0.2, -0.15) is 5.26 Å². The summed E-state index contributed by atoms with van der Waals surface area (Å²) in [6.07, 6.45) is 2.26. The lowest BCUT2D eigenvalue weighted by atomic mass is 10.3. The molecule has 0 amide bonds. The summed E-state index contributed by atoms with van der Waals surface area (Å²) in [6.45, 7) is 2.11. The Bertz CT molecular complexity index is 375. The van der Waals surface area contributed by atoms with E-state index in [4.69, 9.17) is 10.00 Å². The van der Waals surface area contributed by atoms with E-state index in [2.05, 4.69) is 21.3 Å². The first kappa shape index (κ1) is 13.3. The van der Waals surface area contributed by atoms with Crippen molar-refractivity contribution in [2.45, 2.75) is 6.42 Å². The Morgan fingerprint density at radius 3 is 3.00 bits per heavy atom. The fourth-order valence-corrected chi connectivity index (χ4v) is 1.51. The Hall–Kier alpha value is -1.80. The number of nitrogens with zero attached hydrogens (tertiary/aromatic N) is 3. The fourth-order valence-electron chi connectivity index (χ4n) is 1.51. The minimum atomic E-state index is 0.501. The molecular formula is C12H18N4O. The second-order valence-electron chi connectivity index (χ2n) is 3.54. The van der Waals surface area contributed by atoms with Crippen LogP contribution in [-0.2, 0) is 4.74 Å². The number of nitrogens with one attached hydrogen (secondary N) is 1. The predicted octanol–water partition coefficient (Wildman–Crippen LogP) is 1.49. The summed E-state index contributed by atoms with van der Waals surface area (Å²) in [6, 6.07) is 6.06. The van der Waals surface area contributed by atoms with Gasteiger partial charge in [-0.15, -0.1) is 0 Å². The lowest BCUT2D eigenvalue weighted by Gasteiger charge is -2.23. The van der Waals surface area contributed by atoms with E-state index in [0.29, 0.717) is 19.6 Å². The van der Waals surface area contributed by atoms with E-state index < -0.39 is 0 Å². The molecule has 92 valence electrons. The molecule has 0 atom stereocenters. The topological polar surface area (TPSA) is 61.2 Å². The number of anilines is 2. The van der Waals surface area contributed by atoms with Gasteiger partial charge in [-0.3, -0.25) is 0 Å². The molecular weight excluding hydrogens is 216 g/mol. The summed E-state index contributed by atoms with van der Waals surface area (Å²) in [7, 11) is 3.51. The molecule has 0 unspecified atom stereocenters. The number of pyridine rings is 1. The lowest BCUT2D eigenvalue weighted by molar-refractivity contribution is 0.205. The van der Waals surface area contributed by atoms with Crippen molar-refractivity contribution in [3.05, 3.63) is 18.3 Å². The SMILES string of the molecule is CNc1cc(N(CCC#N)CCOC)ccn1. The molecule has 0 fully saturated rings. The molecule has 0 saturated heterocycles. The highest BCUT2D eigenvalue weighted by Gasteiger charge is 2.06. The normalized spacial score (nSPS) is 9.71. The molecule has 0 bridgehead atoms. The van der Waals surface area contributed by atoms with Crippen LogP contribution in [0.2, 0.25) is 0 Å². The average molecular weight is 234 g/mol. The van der Waals surface area contributed by atoms with Crippen LogP contribution < -0.4 is 10.2 Å². The van der Waals surface area contributed by atoms with Gasteiger partial charge in [-0.25, -0.2) is 4.98 Å². The number of methoxy groups -OCH3 is 1. The summed E-state index contributed by atoms with van der Waals surface area (Å²) in [5.41, 5.74) is 1.05. The lowest BCUT2D eigenvalue weighted by Crippen LogP contribution is -2.28. The van der Waals surface area contributed by atoms with Crippen LogP contribution >= 0.6 is 0 Å². The minimum Gasteiger partial charge on any atom is -0.383 e. The molecule has 0 radical (unpaired) electrons. The van der Waals surface area contributed by atoms with Crippen molar-refractivity contribution in [2.75, 3.05) is 44.1 Å². The minimum absolute atomic E-state index is 0.501. The molecule has 0 aliphatic carbocycles. The maximum Gasteiger partial charge on any atom is 0.127 e. The van der Waals surface area contributed by atoms with Gasteiger partial charge in [0, 0.05) is 45.2 Å². The van der Waals surface area contributed by atoms with Crippen LogP contribution in [0.4, 0.5) is 11.5 Å². The van der Waals surface area contributed by atoms with E-state index in [1.54, 1.807) is 13.3 Å². The fraction of sp³-hybridized carbons (Fsp3) is 0.500. The Balaban J connectivity index is 2.75. The molecule has 0 aliphatic heterocycles. The molecule has 0 aromatic carbocycles. The first-order chi connectivity index (χ1) is 8.31. The highest BCUT2D eigenvalue weighted by molar-refractivity contribution is 5.53. The Morgan fingerprint density at radius 2 is 2.35 bits per heavy atom. The third-order valence-electron chi connectivity index (χ3n) is 2.42. The average Bonchev–Trinajstić information content (AvgIpc) is 2.39. The third kappa shape index (κ3) is 4.29. The van der Waals surface area contributed by atoms with E-state index in [0.717, 1.165) is 18.1 Å². The largest absolute Gasteiger partial charge is 0.383 e. The number of rotatable bonds is 7. The number of ether oxygens (including phenoxy) is 1. The zero-order valence-electron chi connectivity index (χ0n) is 10.3. The van der Waals surface area contributed by atoms with Crippen LogP contribution in [0.15, 0.2) is 18.3 Å². The highest BCUT2D eigenvalue weighted by atomic mass is 16.5. The van der Waals surface area contributed by atoms with E-state index in [1.165, 1.54) is 0 Å². The van der Waals surface area contributed by atoms with Crippen molar-refractivity contribution in [1.29, 1.82) is 5.26 Å². The quantitative estimate of drug-likeness (QED) is 0.774. The Labute approximate surface area is 102 Å². The molecule has 1 aromatic rings. The van der Waals surface area contributed by atoms with Crippen LogP contribution in [0.5, 0.6) is 0 Å². The van der Waals surface area contributed by atoms with Crippen molar-refractivity contribution in [1.82, 2.24) is 4.98 Å². The molecule has 1 rings (SSSR count). The zero-order chi connectivity index (χ0) is 12.5. The Kier molecular flexibility index (Phi) is 5.83. The van der Waals surface area contributed by atoms with Crippen molar-refractivity contribution in [3.8, 4) is 6.07 Å². The van der Waals surface area contributed by atoms with Gasteiger partial charge in [0.25, 0.3) is 0 Å². The van der Waals surface area contributed by atoms with Crippen LogP contribution in [0.3, 0.4) is 0 Å². The molecule has 0 aliphatic rings. The maximum absolute atomic E-state index is 8.66. The van der Waals surface area contributed by atoms with Crippen molar-refractivity contribution in [2.24, 2.45) is 0 Å². The smallest absolute Gasteiger partial charge is 0.127 e. The second-order valence-corrected chi connectivity index (χ2v) is 3.54. The van der Waals surface area contributed by atoms with Gasteiger partial charge in [0.1, 0.15) is 5.82 Å². The first-order valence-electron chi connectivity index (χ1n) is 5.56. The number of aromatic nitrogens is 1. The molecule has 17 heavy (non-hydrogen) atoms. The number of hydrogen-bond acceptors (Lipinski definition) is 5. The van der Waals surface area contributed by atoms with Crippen LogP contribution in [0.25, 0.3) is 0 Å². The molecule has 1 heterocycles. The standard InChI is InChI=1S/C12H18N4O/c1-14-12-10-11(4-6-15-12)16(7-3-5-13)8-9-17-2/h4,6,10H,3,7-9H2,1-2H3,(H,14,15). The highest BCUT2D eigenvalue weighted by Crippen LogP contribution is 2.17. The van der Waals surface area contributed by atoms with Gasteiger partial charge in [0.15, 0.2) is 0 Å². The van der Waals surface area contributed by atoms with Crippen molar-refractivity contribution >= 4 is 11.5 Å². The molecule has 0 spiro atoms. The van der Waals surface area contributed by atoms with Crippen molar-refractivity contribution in [3.63, 3.8) is 0 Å². The first-order valence-corrected chi connectivity index (χ1v) is 5.56. The Morgan fingerprint density at radius 1 is 1.53 bits per heavy atom. The van der Waals surface area contributed by atoms with Gasteiger partial charge in [0.05, 0.1) is 19.1 Å². The summed E-state index contributed by atoms with van der Waals surface area (Å²) in [5.74, 6) is 0.821. The summed E-state index contributed by atoms with van der Waals surface area (Å²) in [4.78, 5) is 6.29. The third-order valence-corrected chi connectivity index (χ3v) is 2.42. The van der Waals surface area contributed by atoms with Crippen LogP contribution in [-0.4, -0.2) is 38.8 Å². The van der Waals surface area contributed by atoms with Gasteiger partial charge < -0.3 is 15.0 Å². The predicted molar refractivity (Wildman–Crippen MR) is 68.1 cm³/mol. The monoisotopic (exact) mass is 234 g/mol. The van der Waals surface area contributed by atoms with Gasteiger partial charge in [-0.05, 0) is 6.07 Å². The summed E-state index contributed by atoms with van der Waals surface area (Å²) < 4.78 is 5.07. The van der Waals surface area contributed by atoms with Gasteiger partial charge in [0.2, 0.25) is 0 Å². The van der Waals surface area contributed by atoms with E-state index in [-0.39, 0.29) is 0 Å². The van der Waals surface area contributed by atoms with Crippen LogP contribution in [0, 0.1) is 11.3 Å².